The summed E-state index contributed by atoms with van der Waals surface area (Å²) >= 11 is 0. The highest BCUT2D eigenvalue weighted by molar-refractivity contribution is 7.38. The van der Waals surface area contributed by atoms with Crippen LogP contribution in [0.1, 0.15) is 96.8 Å². The lowest BCUT2D eigenvalue weighted by Crippen LogP contribution is -1.87. The Morgan fingerprint density at radius 1 is 0.650 bits per heavy atom. The maximum Gasteiger partial charge on any atom is 0.188 e. The summed E-state index contributed by atoms with van der Waals surface area (Å²) in [5.74, 6) is 0. The molecule has 0 aromatic carbocycles. The quantitative estimate of drug-likeness (QED) is 0.237. The number of unbranched alkanes of at least 4 members (excludes halogenated alkanes) is 13. The zero-order valence-electron chi connectivity index (χ0n) is 13.9. The molecule has 0 aliphatic rings. The van der Waals surface area contributed by atoms with Gasteiger partial charge in [-0.1, -0.05) is 90.4 Å². The summed E-state index contributed by atoms with van der Waals surface area (Å²) in [5, 5.41) is 0. The molecule has 0 rings (SSSR count). The molecule has 0 spiro atoms. The smallest absolute Gasteiger partial charge is 0.188 e. The van der Waals surface area contributed by atoms with Crippen LogP contribution in [0.5, 0.6) is 0 Å². The first-order valence-electron chi connectivity index (χ1n) is 8.90. The highest BCUT2D eigenvalue weighted by atomic mass is 31.1. The van der Waals surface area contributed by atoms with Crippen molar-refractivity contribution in [2.45, 2.75) is 96.8 Å². The normalized spacial score (nSPS) is 12.7. The van der Waals surface area contributed by atoms with Crippen LogP contribution < -0.4 is 0 Å². The van der Waals surface area contributed by atoms with Gasteiger partial charge < -0.3 is 4.52 Å². The van der Waals surface area contributed by atoms with E-state index in [0.717, 1.165) is 6.42 Å². The molecule has 0 aliphatic heterocycles. The van der Waals surface area contributed by atoms with E-state index in [0.29, 0.717) is 6.61 Å². The van der Waals surface area contributed by atoms with E-state index >= 15 is 0 Å². The summed E-state index contributed by atoms with van der Waals surface area (Å²) in [6.07, 6.45) is 19.2. The summed E-state index contributed by atoms with van der Waals surface area (Å²) in [7, 11) is -1.70. The third-order valence-corrected chi connectivity index (χ3v) is 4.41. The van der Waals surface area contributed by atoms with E-state index in [-0.39, 0.29) is 0 Å². The second-order valence-electron chi connectivity index (χ2n) is 5.94. The van der Waals surface area contributed by atoms with Crippen LogP contribution in [-0.4, -0.2) is 13.3 Å². The Bertz CT molecular complexity index is 207. The first-order valence-corrected chi connectivity index (χ1v) is 10.7. The van der Waals surface area contributed by atoms with Crippen LogP contribution in [0.2, 0.25) is 0 Å². The molecule has 0 saturated carbocycles. The van der Waals surface area contributed by atoms with Crippen molar-refractivity contribution in [3.8, 4) is 0 Å². The van der Waals surface area contributed by atoms with E-state index in [2.05, 4.69) is 6.92 Å². The summed E-state index contributed by atoms with van der Waals surface area (Å²) in [4.78, 5) is 0. The fraction of sp³-hybridized carbons (Fsp3) is 1.00. The molecule has 0 fully saturated rings. The van der Waals surface area contributed by atoms with E-state index in [1.54, 1.807) is 6.66 Å². The first kappa shape index (κ1) is 20.2. The van der Waals surface area contributed by atoms with Crippen molar-refractivity contribution < 1.29 is 9.09 Å². The van der Waals surface area contributed by atoms with Gasteiger partial charge in [-0.05, 0) is 6.42 Å². The Kier molecular flexibility index (Phi) is 17.4. The monoisotopic (exact) mass is 304 g/mol. The summed E-state index contributed by atoms with van der Waals surface area (Å²) in [5.41, 5.74) is 0. The largest absolute Gasteiger partial charge is 0.331 e. The summed E-state index contributed by atoms with van der Waals surface area (Å²) in [6, 6.07) is 0. The van der Waals surface area contributed by atoms with Gasteiger partial charge in [0.1, 0.15) is 0 Å². The third-order valence-electron chi connectivity index (χ3n) is 3.80. The second-order valence-corrected chi connectivity index (χ2v) is 7.21. The highest BCUT2D eigenvalue weighted by Crippen LogP contribution is 2.16. The number of hydrogen-bond donors (Lipinski definition) is 0. The van der Waals surface area contributed by atoms with Crippen molar-refractivity contribution in [3.63, 3.8) is 0 Å². The Morgan fingerprint density at radius 3 is 1.35 bits per heavy atom. The second kappa shape index (κ2) is 17.2. The SMILES string of the molecule is CCCCCCCCCCCCCCCCO[PH](C)=O. The fourth-order valence-corrected chi connectivity index (χ4v) is 2.94. The van der Waals surface area contributed by atoms with E-state index in [1.807, 2.05) is 0 Å². The molecule has 0 aromatic heterocycles. The number of rotatable bonds is 16. The molecule has 1 unspecified atom stereocenters. The Balaban J connectivity index is 2.94. The van der Waals surface area contributed by atoms with Crippen molar-refractivity contribution in [2.24, 2.45) is 0 Å². The van der Waals surface area contributed by atoms with Gasteiger partial charge in [-0.15, -0.1) is 0 Å². The predicted molar refractivity (Wildman–Crippen MR) is 91.2 cm³/mol. The van der Waals surface area contributed by atoms with Crippen LogP contribution in [0, 0.1) is 0 Å². The van der Waals surface area contributed by atoms with Gasteiger partial charge >= 0.3 is 0 Å². The van der Waals surface area contributed by atoms with E-state index < -0.39 is 8.03 Å². The van der Waals surface area contributed by atoms with Gasteiger partial charge in [0, 0.05) is 6.66 Å². The minimum Gasteiger partial charge on any atom is -0.331 e. The molecule has 0 aromatic rings. The molecule has 1 atom stereocenters. The van der Waals surface area contributed by atoms with Crippen LogP contribution in [-0.2, 0) is 9.09 Å². The van der Waals surface area contributed by atoms with Crippen LogP contribution >= 0.6 is 8.03 Å². The van der Waals surface area contributed by atoms with Crippen LogP contribution in [0.4, 0.5) is 0 Å². The topological polar surface area (TPSA) is 26.3 Å². The zero-order chi connectivity index (χ0) is 14.9. The van der Waals surface area contributed by atoms with E-state index in [9.17, 15) is 4.57 Å². The molecule has 122 valence electrons. The maximum atomic E-state index is 10.7. The highest BCUT2D eigenvalue weighted by Gasteiger charge is 1.95. The Hall–Kier alpha value is 0.190. The van der Waals surface area contributed by atoms with Gasteiger partial charge in [0.15, 0.2) is 8.03 Å². The summed E-state index contributed by atoms with van der Waals surface area (Å²) < 4.78 is 15.8. The van der Waals surface area contributed by atoms with Gasteiger partial charge in [-0.25, -0.2) is 0 Å². The average molecular weight is 304 g/mol. The Labute approximate surface area is 127 Å². The van der Waals surface area contributed by atoms with E-state index in [1.165, 1.54) is 83.5 Å². The average Bonchev–Trinajstić information content (AvgIpc) is 2.43. The van der Waals surface area contributed by atoms with Crippen LogP contribution in [0.15, 0.2) is 0 Å². The molecule has 20 heavy (non-hydrogen) atoms. The van der Waals surface area contributed by atoms with E-state index in [4.69, 9.17) is 4.52 Å². The minimum absolute atomic E-state index is 0.687. The van der Waals surface area contributed by atoms with Crippen molar-refractivity contribution in [1.29, 1.82) is 0 Å². The first-order chi connectivity index (χ1) is 9.77. The van der Waals surface area contributed by atoms with Crippen LogP contribution in [0.25, 0.3) is 0 Å². The molecular formula is C17H37O2P. The fourth-order valence-electron chi connectivity index (χ4n) is 2.51. The minimum atomic E-state index is -1.70. The van der Waals surface area contributed by atoms with Gasteiger partial charge in [0.05, 0.1) is 6.61 Å². The van der Waals surface area contributed by atoms with Crippen molar-refractivity contribution in [1.82, 2.24) is 0 Å². The standard InChI is InChI=1S/C17H37O2P/c1-3-4-5-6-7-8-9-10-11-12-13-14-15-16-17-19-20(2)18/h20H,3-17H2,1-2H3. The van der Waals surface area contributed by atoms with Gasteiger partial charge in [-0.2, -0.15) is 0 Å². The predicted octanol–water partition coefficient (Wildman–Crippen LogP) is 6.59. The molecule has 0 saturated heterocycles. The molecule has 0 radical (unpaired) electrons. The molecule has 0 bridgehead atoms. The molecule has 2 nitrogen and oxygen atoms in total. The lowest BCUT2D eigenvalue weighted by Gasteiger charge is -2.03. The lowest BCUT2D eigenvalue weighted by atomic mass is 10.0. The maximum absolute atomic E-state index is 10.7. The lowest BCUT2D eigenvalue weighted by molar-refractivity contribution is 0.318. The van der Waals surface area contributed by atoms with Gasteiger partial charge in [0.25, 0.3) is 0 Å². The van der Waals surface area contributed by atoms with Gasteiger partial charge in [0.2, 0.25) is 0 Å². The molecule has 0 N–H and O–H groups in total. The van der Waals surface area contributed by atoms with Crippen molar-refractivity contribution in [2.75, 3.05) is 13.3 Å². The molecular weight excluding hydrogens is 267 g/mol. The molecule has 0 heterocycles. The molecule has 3 heteroatoms. The Morgan fingerprint density at radius 2 is 1.00 bits per heavy atom. The van der Waals surface area contributed by atoms with Gasteiger partial charge in [-0.3, -0.25) is 4.57 Å². The summed E-state index contributed by atoms with van der Waals surface area (Å²) in [6.45, 7) is 4.62. The number of hydrogen-bond acceptors (Lipinski definition) is 2. The van der Waals surface area contributed by atoms with Crippen LogP contribution in [0.3, 0.4) is 0 Å². The molecule has 0 aliphatic carbocycles. The molecule has 0 amide bonds. The zero-order valence-corrected chi connectivity index (χ0v) is 14.9. The van der Waals surface area contributed by atoms with Crippen molar-refractivity contribution in [3.05, 3.63) is 0 Å². The van der Waals surface area contributed by atoms with Crippen molar-refractivity contribution >= 4 is 8.03 Å². The third kappa shape index (κ3) is 18.2.